The lowest BCUT2D eigenvalue weighted by Gasteiger charge is -2.29. The molecular weight excluding hydrogens is 420 g/mol. The molecule has 0 bridgehead atoms. The normalized spacial score (nSPS) is 13.9. The number of aromatic nitrogens is 2. The van der Waals surface area contributed by atoms with Gasteiger partial charge in [0.25, 0.3) is 5.91 Å². The summed E-state index contributed by atoms with van der Waals surface area (Å²) >= 11 is 4.68. The number of carbonyl (C=O) groups excluding carboxylic acids is 2. The molecule has 3 rings (SSSR count). The first-order valence-corrected chi connectivity index (χ1v) is 9.70. The number of amides is 2. The van der Waals surface area contributed by atoms with Crippen LogP contribution in [0, 0.1) is 0 Å². The van der Waals surface area contributed by atoms with Crippen molar-refractivity contribution in [1.29, 1.82) is 0 Å². The van der Waals surface area contributed by atoms with Crippen molar-refractivity contribution < 1.29 is 14.3 Å². The van der Waals surface area contributed by atoms with Gasteiger partial charge in [-0.05, 0) is 42.8 Å². The van der Waals surface area contributed by atoms with Crippen LogP contribution in [0.4, 0.5) is 9.93 Å². The van der Waals surface area contributed by atoms with Gasteiger partial charge in [-0.1, -0.05) is 11.3 Å². The molecule has 3 heterocycles. The summed E-state index contributed by atoms with van der Waals surface area (Å²) in [6, 6.07) is 1.69. The summed E-state index contributed by atoms with van der Waals surface area (Å²) in [6.07, 6.45) is 3.42. The maximum absolute atomic E-state index is 12.3. The van der Waals surface area contributed by atoms with E-state index >= 15 is 0 Å². The van der Waals surface area contributed by atoms with Crippen LogP contribution in [0.25, 0.3) is 0 Å². The monoisotopic (exact) mass is 438 g/mol. The third kappa shape index (κ3) is 4.59. The van der Waals surface area contributed by atoms with Gasteiger partial charge in [-0.2, -0.15) is 0 Å². The number of nitrogens with one attached hydrogen (secondary N) is 1. The molecule has 1 aliphatic rings. The van der Waals surface area contributed by atoms with E-state index in [4.69, 9.17) is 4.74 Å². The number of thiazole rings is 1. The first-order valence-electron chi connectivity index (χ1n) is 8.10. The molecule has 2 aromatic heterocycles. The molecule has 0 atom stereocenters. The average Bonchev–Trinajstić information content (AvgIpc) is 2.94. The average molecular weight is 439 g/mol. The molecule has 2 aromatic rings. The van der Waals surface area contributed by atoms with Crippen molar-refractivity contribution in [2.75, 3.05) is 11.9 Å². The van der Waals surface area contributed by atoms with E-state index < -0.39 is 5.60 Å². The molecule has 0 fully saturated rings. The second-order valence-corrected chi connectivity index (χ2v) is 8.89. The van der Waals surface area contributed by atoms with Crippen LogP contribution in [-0.2, 0) is 17.7 Å². The zero-order valence-electron chi connectivity index (χ0n) is 14.7. The smallest absolute Gasteiger partial charge is 0.410 e. The van der Waals surface area contributed by atoms with Gasteiger partial charge in [0, 0.05) is 34.7 Å². The minimum Gasteiger partial charge on any atom is -0.444 e. The Morgan fingerprint density at radius 3 is 2.81 bits per heavy atom. The lowest BCUT2D eigenvalue weighted by Crippen LogP contribution is -2.39. The Morgan fingerprint density at radius 1 is 1.35 bits per heavy atom. The van der Waals surface area contributed by atoms with Gasteiger partial charge in [-0.3, -0.25) is 15.1 Å². The van der Waals surface area contributed by atoms with Crippen molar-refractivity contribution in [3.05, 3.63) is 39.1 Å². The van der Waals surface area contributed by atoms with Crippen LogP contribution < -0.4 is 5.32 Å². The molecule has 0 radical (unpaired) electrons. The Balaban J connectivity index is 1.68. The highest BCUT2D eigenvalue weighted by atomic mass is 79.9. The molecular formula is C17H19BrN4O3S. The molecule has 0 saturated carbocycles. The van der Waals surface area contributed by atoms with Gasteiger partial charge in [-0.25, -0.2) is 9.78 Å². The number of nitrogens with zero attached hydrogens (tertiary/aromatic N) is 3. The molecule has 0 spiro atoms. The summed E-state index contributed by atoms with van der Waals surface area (Å²) in [7, 11) is 0. The van der Waals surface area contributed by atoms with E-state index in [1.165, 1.54) is 17.5 Å². The number of pyridine rings is 1. The van der Waals surface area contributed by atoms with Crippen molar-refractivity contribution >= 4 is 44.4 Å². The maximum Gasteiger partial charge on any atom is 0.410 e. The van der Waals surface area contributed by atoms with Crippen LogP contribution >= 0.6 is 27.3 Å². The molecule has 0 aromatic carbocycles. The highest BCUT2D eigenvalue weighted by Crippen LogP contribution is 2.29. The van der Waals surface area contributed by atoms with E-state index in [1.807, 2.05) is 20.8 Å². The van der Waals surface area contributed by atoms with E-state index in [2.05, 4.69) is 31.2 Å². The summed E-state index contributed by atoms with van der Waals surface area (Å²) in [4.78, 5) is 35.6. The fourth-order valence-electron chi connectivity index (χ4n) is 2.44. The molecule has 1 aliphatic heterocycles. The predicted molar refractivity (Wildman–Crippen MR) is 102 cm³/mol. The van der Waals surface area contributed by atoms with Crippen LogP contribution in [0.15, 0.2) is 22.9 Å². The largest absolute Gasteiger partial charge is 0.444 e. The van der Waals surface area contributed by atoms with Crippen molar-refractivity contribution in [2.45, 2.75) is 39.3 Å². The Labute approximate surface area is 163 Å². The van der Waals surface area contributed by atoms with Gasteiger partial charge < -0.3 is 9.64 Å². The number of hydrogen-bond donors (Lipinski definition) is 1. The van der Waals surface area contributed by atoms with Crippen LogP contribution in [0.1, 0.15) is 41.7 Å². The van der Waals surface area contributed by atoms with E-state index in [1.54, 1.807) is 17.2 Å². The maximum atomic E-state index is 12.3. The summed E-state index contributed by atoms with van der Waals surface area (Å²) in [5, 5.41) is 3.32. The van der Waals surface area contributed by atoms with E-state index in [9.17, 15) is 9.59 Å². The topological polar surface area (TPSA) is 84.4 Å². The first-order chi connectivity index (χ1) is 12.2. The lowest BCUT2D eigenvalue weighted by molar-refractivity contribution is 0.0225. The lowest BCUT2D eigenvalue weighted by atomic mass is 10.2. The molecule has 0 aliphatic carbocycles. The summed E-state index contributed by atoms with van der Waals surface area (Å²) in [5.74, 6) is -0.270. The molecule has 7 nitrogen and oxygen atoms in total. The highest BCUT2D eigenvalue weighted by molar-refractivity contribution is 9.10. The fraction of sp³-hybridized carbons (Fsp3) is 0.412. The van der Waals surface area contributed by atoms with Gasteiger partial charge in [-0.15, -0.1) is 0 Å². The zero-order chi connectivity index (χ0) is 18.9. The SMILES string of the molecule is CC(C)(C)OC(=O)N1CCc2nc(NC(=O)c3cncc(Br)c3)sc2C1. The number of ether oxygens (including phenoxy) is 1. The number of carbonyl (C=O) groups is 2. The molecule has 0 saturated heterocycles. The fourth-order valence-corrected chi connectivity index (χ4v) is 3.82. The van der Waals surface area contributed by atoms with Crippen LogP contribution in [-0.4, -0.2) is 39.0 Å². The second kappa shape index (κ2) is 7.32. The van der Waals surface area contributed by atoms with Crippen molar-refractivity contribution in [1.82, 2.24) is 14.9 Å². The first kappa shape index (κ1) is 18.8. The molecule has 26 heavy (non-hydrogen) atoms. The van der Waals surface area contributed by atoms with Gasteiger partial charge >= 0.3 is 6.09 Å². The molecule has 138 valence electrons. The van der Waals surface area contributed by atoms with Gasteiger partial charge in [0.1, 0.15) is 5.60 Å². The van der Waals surface area contributed by atoms with E-state index in [-0.39, 0.29) is 12.0 Å². The summed E-state index contributed by atoms with van der Waals surface area (Å²) in [6.45, 7) is 6.52. The zero-order valence-corrected chi connectivity index (χ0v) is 17.1. The number of rotatable bonds is 2. The second-order valence-electron chi connectivity index (χ2n) is 6.89. The molecule has 0 unspecified atom stereocenters. The Bertz CT molecular complexity index is 847. The highest BCUT2D eigenvalue weighted by Gasteiger charge is 2.28. The minimum atomic E-state index is -0.526. The molecule has 2 amide bonds. The Morgan fingerprint density at radius 2 is 2.12 bits per heavy atom. The van der Waals surface area contributed by atoms with Crippen molar-refractivity contribution in [2.24, 2.45) is 0 Å². The van der Waals surface area contributed by atoms with Crippen LogP contribution in [0.2, 0.25) is 0 Å². The molecule has 9 heteroatoms. The van der Waals surface area contributed by atoms with Crippen molar-refractivity contribution in [3.8, 4) is 0 Å². The predicted octanol–water partition coefficient (Wildman–Crippen LogP) is 3.85. The number of fused-ring (bicyclic) bond motifs is 1. The number of hydrogen-bond acceptors (Lipinski definition) is 6. The minimum absolute atomic E-state index is 0.270. The quantitative estimate of drug-likeness (QED) is 0.769. The van der Waals surface area contributed by atoms with Gasteiger partial charge in [0.2, 0.25) is 0 Å². The summed E-state index contributed by atoms with van der Waals surface area (Å²) < 4.78 is 6.16. The van der Waals surface area contributed by atoms with E-state index in [0.29, 0.717) is 30.2 Å². The third-order valence-corrected chi connectivity index (χ3v) is 5.00. The Kier molecular flexibility index (Phi) is 5.29. The number of anilines is 1. The van der Waals surface area contributed by atoms with Gasteiger partial charge in [0.05, 0.1) is 17.8 Å². The number of halogens is 1. The van der Waals surface area contributed by atoms with Crippen molar-refractivity contribution in [3.63, 3.8) is 0 Å². The standard InChI is InChI=1S/C17H19BrN4O3S/c1-17(2,3)25-16(24)22-5-4-12-13(9-22)26-15(20-12)21-14(23)10-6-11(18)8-19-7-10/h6-8H,4-5,9H2,1-3H3,(H,20,21,23). The van der Waals surface area contributed by atoms with Gasteiger partial charge in [0.15, 0.2) is 5.13 Å². The van der Waals surface area contributed by atoms with E-state index in [0.717, 1.165) is 15.0 Å². The Hall–Kier alpha value is -2.00. The summed E-state index contributed by atoms with van der Waals surface area (Å²) in [5.41, 5.74) is 0.836. The van der Waals surface area contributed by atoms with Crippen LogP contribution in [0.3, 0.4) is 0 Å². The third-order valence-electron chi connectivity index (χ3n) is 3.57. The molecule has 1 N–H and O–H groups in total. The van der Waals surface area contributed by atoms with Crippen LogP contribution in [0.5, 0.6) is 0 Å².